The summed E-state index contributed by atoms with van der Waals surface area (Å²) in [5, 5.41) is 10.9. The van der Waals surface area contributed by atoms with Crippen LogP contribution in [-0.4, -0.2) is 34.6 Å². The van der Waals surface area contributed by atoms with Crippen LogP contribution in [0, 0.1) is 5.92 Å². The lowest BCUT2D eigenvalue weighted by Gasteiger charge is -2.22. The Balaban J connectivity index is 4.63. The maximum absolute atomic E-state index is 11.5. The van der Waals surface area contributed by atoms with Gasteiger partial charge in [0.1, 0.15) is 5.60 Å². The van der Waals surface area contributed by atoms with Crippen LogP contribution in [0.4, 0.5) is 4.79 Å². The first-order chi connectivity index (χ1) is 7.54. The Hall–Kier alpha value is -1.59. The number of rotatable bonds is 4. The van der Waals surface area contributed by atoms with E-state index in [0.29, 0.717) is 0 Å². The van der Waals surface area contributed by atoms with E-state index in [2.05, 4.69) is 0 Å². The number of Topliss-reactive ketones (excluding diaryl/α,β-unsaturated/α-hetero) is 1. The van der Waals surface area contributed by atoms with Crippen molar-refractivity contribution >= 4 is 17.8 Å². The van der Waals surface area contributed by atoms with Crippen LogP contribution in [0.15, 0.2) is 0 Å². The van der Waals surface area contributed by atoms with Crippen molar-refractivity contribution in [3.63, 3.8) is 0 Å². The van der Waals surface area contributed by atoms with Crippen LogP contribution in [0.5, 0.6) is 0 Å². The molecular formula is C11H19NO5. The number of amides is 1. The van der Waals surface area contributed by atoms with E-state index in [1.807, 2.05) is 5.32 Å². The zero-order chi connectivity index (χ0) is 13.8. The van der Waals surface area contributed by atoms with E-state index in [0.717, 1.165) is 0 Å². The lowest BCUT2D eigenvalue weighted by Crippen LogP contribution is -2.49. The number of carboxylic acid groups (broad SMARTS) is 1. The predicted molar refractivity (Wildman–Crippen MR) is 60.6 cm³/mol. The van der Waals surface area contributed by atoms with Crippen molar-refractivity contribution in [1.29, 1.82) is 0 Å². The standard InChI is InChI=1S/C11H19NO5/c1-6(2)8(13)7(9(14)15)12-10(16)17-11(3,4)5/h6-7H,1-5H3,(H,12,16)(H,14,15). The van der Waals surface area contributed by atoms with E-state index in [-0.39, 0.29) is 0 Å². The van der Waals surface area contributed by atoms with Crippen molar-refractivity contribution in [1.82, 2.24) is 5.32 Å². The molecule has 6 nitrogen and oxygen atoms in total. The third kappa shape index (κ3) is 5.89. The molecule has 0 radical (unpaired) electrons. The molecule has 17 heavy (non-hydrogen) atoms. The number of ketones is 1. The van der Waals surface area contributed by atoms with Crippen LogP contribution < -0.4 is 5.32 Å². The Morgan fingerprint density at radius 1 is 1.18 bits per heavy atom. The quantitative estimate of drug-likeness (QED) is 0.726. The summed E-state index contributed by atoms with van der Waals surface area (Å²) in [6, 6.07) is -1.56. The summed E-state index contributed by atoms with van der Waals surface area (Å²) in [5.74, 6) is -2.44. The molecule has 0 bridgehead atoms. The van der Waals surface area contributed by atoms with Gasteiger partial charge in [0, 0.05) is 5.92 Å². The number of hydrogen-bond donors (Lipinski definition) is 2. The number of alkyl carbamates (subject to hydrolysis) is 1. The molecule has 0 aromatic heterocycles. The van der Waals surface area contributed by atoms with Gasteiger partial charge in [0.05, 0.1) is 0 Å². The van der Waals surface area contributed by atoms with E-state index in [1.165, 1.54) is 0 Å². The van der Waals surface area contributed by atoms with E-state index in [9.17, 15) is 14.4 Å². The molecule has 0 aromatic carbocycles. The van der Waals surface area contributed by atoms with Crippen molar-refractivity contribution in [3.05, 3.63) is 0 Å². The average Bonchev–Trinajstić information content (AvgIpc) is 2.09. The maximum Gasteiger partial charge on any atom is 0.408 e. The third-order valence-electron chi connectivity index (χ3n) is 1.76. The molecule has 6 heteroatoms. The first-order valence-electron chi connectivity index (χ1n) is 5.30. The number of carbonyl (C=O) groups is 3. The first kappa shape index (κ1) is 15.4. The molecule has 0 aliphatic carbocycles. The van der Waals surface area contributed by atoms with Crippen molar-refractivity contribution in [2.45, 2.75) is 46.3 Å². The molecule has 0 aliphatic rings. The highest BCUT2D eigenvalue weighted by Crippen LogP contribution is 2.08. The molecule has 0 aromatic rings. The van der Waals surface area contributed by atoms with Crippen LogP contribution in [0.1, 0.15) is 34.6 Å². The fourth-order valence-electron chi connectivity index (χ4n) is 1.01. The van der Waals surface area contributed by atoms with Crippen LogP contribution in [0.3, 0.4) is 0 Å². The second kappa shape index (κ2) is 5.65. The minimum Gasteiger partial charge on any atom is -0.479 e. The van der Waals surface area contributed by atoms with E-state index >= 15 is 0 Å². The van der Waals surface area contributed by atoms with Crippen molar-refractivity contribution in [3.8, 4) is 0 Å². The van der Waals surface area contributed by atoms with E-state index in [1.54, 1.807) is 34.6 Å². The molecule has 98 valence electrons. The number of ether oxygens (including phenoxy) is 1. The van der Waals surface area contributed by atoms with Crippen molar-refractivity contribution in [2.24, 2.45) is 5.92 Å². The summed E-state index contributed by atoms with van der Waals surface area (Å²) in [4.78, 5) is 33.7. The maximum atomic E-state index is 11.5. The zero-order valence-corrected chi connectivity index (χ0v) is 10.7. The highest BCUT2D eigenvalue weighted by molar-refractivity contribution is 6.05. The Kier molecular flexibility index (Phi) is 5.12. The number of aliphatic carboxylic acids is 1. The third-order valence-corrected chi connectivity index (χ3v) is 1.76. The SMILES string of the molecule is CC(C)C(=O)C(NC(=O)OC(C)(C)C)C(=O)O. The van der Waals surface area contributed by atoms with E-state index < -0.39 is 35.4 Å². The van der Waals surface area contributed by atoms with Gasteiger partial charge in [0.15, 0.2) is 11.8 Å². The first-order valence-corrected chi connectivity index (χ1v) is 5.30. The molecule has 2 N–H and O–H groups in total. The van der Waals surface area contributed by atoms with Gasteiger partial charge in [-0.05, 0) is 20.8 Å². The highest BCUT2D eigenvalue weighted by atomic mass is 16.6. The van der Waals surface area contributed by atoms with Crippen molar-refractivity contribution in [2.75, 3.05) is 0 Å². The summed E-state index contributed by atoms with van der Waals surface area (Å²) in [5.41, 5.74) is -0.742. The number of carboxylic acids is 1. The van der Waals surface area contributed by atoms with Gasteiger partial charge in [-0.3, -0.25) is 4.79 Å². The van der Waals surface area contributed by atoms with Gasteiger partial charge in [-0.2, -0.15) is 0 Å². The van der Waals surface area contributed by atoms with Crippen molar-refractivity contribution < 1.29 is 24.2 Å². The van der Waals surface area contributed by atoms with Gasteiger partial charge >= 0.3 is 12.1 Å². The Bertz CT molecular complexity index is 316. The van der Waals surface area contributed by atoms with Gasteiger partial charge in [-0.15, -0.1) is 0 Å². The Morgan fingerprint density at radius 3 is 1.94 bits per heavy atom. The van der Waals surface area contributed by atoms with Gasteiger partial charge < -0.3 is 15.2 Å². The lowest BCUT2D eigenvalue weighted by atomic mass is 10.0. The smallest absolute Gasteiger partial charge is 0.408 e. The molecule has 0 rings (SSSR count). The molecule has 0 aliphatic heterocycles. The number of carbonyl (C=O) groups excluding carboxylic acids is 2. The minimum atomic E-state index is -1.56. The molecule has 0 spiro atoms. The summed E-state index contributed by atoms with van der Waals surface area (Å²) < 4.78 is 4.88. The van der Waals surface area contributed by atoms with Crippen LogP contribution in [0.25, 0.3) is 0 Å². The molecule has 1 amide bonds. The minimum absolute atomic E-state index is 0.481. The summed E-state index contributed by atoms with van der Waals surface area (Å²) in [7, 11) is 0. The molecule has 0 fully saturated rings. The predicted octanol–water partition coefficient (Wildman–Crippen LogP) is 1.19. The Morgan fingerprint density at radius 2 is 1.65 bits per heavy atom. The molecule has 1 unspecified atom stereocenters. The van der Waals surface area contributed by atoms with Crippen LogP contribution in [-0.2, 0) is 14.3 Å². The molecule has 0 heterocycles. The van der Waals surface area contributed by atoms with Crippen LogP contribution >= 0.6 is 0 Å². The fourth-order valence-corrected chi connectivity index (χ4v) is 1.01. The van der Waals surface area contributed by atoms with E-state index in [4.69, 9.17) is 9.84 Å². The molecular weight excluding hydrogens is 226 g/mol. The monoisotopic (exact) mass is 245 g/mol. The molecule has 0 saturated carbocycles. The average molecular weight is 245 g/mol. The highest BCUT2D eigenvalue weighted by Gasteiger charge is 2.31. The lowest BCUT2D eigenvalue weighted by molar-refractivity contribution is -0.144. The summed E-state index contributed by atoms with van der Waals surface area (Å²) in [6.45, 7) is 8.07. The fraction of sp³-hybridized carbons (Fsp3) is 0.727. The topological polar surface area (TPSA) is 92.7 Å². The van der Waals surface area contributed by atoms with Gasteiger partial charge in [0.25, 0.3) is 0 Å². The second-order valence-electron chi connectivity index (χ2n) is 4.97. The largest absolute Gasteiger partial charge is 0.479 e. The number of nitrogens with one attached hydrogen (secondary N) is 1. The second-order valence-corrected chi connectivity index (χ2v) is 4.97. The molecule has 1 atom stereocenters. The van der Waals surface area contributed by atoms with Crippen LogP contribution in [0.2, 0.25) is 0 Å². The Labute approximate surface area is 100 Å². The van der Waals surface area contributed by atoms with Gasteiger partial charge in [0.2, 0.25) is 0 Å². The summed E-state index contributed by atoms with van der Waals surface area (Å²) >= 11 is 0. The summed E-state index contributed by atoms with van der Waals surface area (Å²) in [6.07, 6.45) is -0.918. The normalized spacial score (nSPS) is 13.1. The molecule has 0 saturated heterocycles. The number of hydrogen-bond acceptors (Lipinski definition) is 4. The van der Waals surface area contributed by atoms with Gasteiger partial charge in [-0.1, -0.05) is 13.8 Å². The van der Waals surface area contributed by atoms with Gasteiger partial charge in [-0.25, -0.2) is 9.59 Å². The zero-order valence-electron chi connectivity index (χ0n) is 10.7.